The summed E-state index contributed by atoms with van der Waals surface area (Å²) in [7, 11) is -3.92. The molecule has 0 aliphatic carbocycles. The SMILES string of the molecule is CC(=O)c1ccc(S(=O)(=O)N(Cc2cc3cccc(C)c3[nH]c2=O)C[C@H]2CCCO2)cc1. The van der Waals surface area contributed by atoms with Crippen molar-refractivity contribution in [2.75, 3.05) is 13.2 Å². The first-order valence-corrected chi connectivity index (χ1v) is 12.0. The molecular weight excluding hydrogens is 428 g/mol. The van der Waals surface area contributed by atoms with Crippen LogP contribution in [0, 0.1) is 6.92 Å². The van der Waals surface area contributed by atoms with Crippen LogP contribution < -0.4 is 5.56 Å². The van der Waals surface area contributed by atoms with Crippen molar-refractivity contribution < 1.29 is 17.9 Å². The molecule has 0 spiro atoms. The standard InChI is InChI=1S/C24H26N2O5S/c1-16-5-3-6-19-13-20(24(28)25-23(16)19)14-26(15-21-7-4-12-31-21)32(29,30)22-10-8-18(9-11-22)17(2)27/h3,5-6,8-11,13,21H,4,7,12,14-15H2,1-2H3,(H,25,28)/t21-/m1/s1. The average Bonchev–Trinajstić information content (AvgIpc) is 3.28. The number of nitrogens with zero attached hydrogens (tertiary/aromatic N) is 1. The number of carbonyl (C=O) groups excluding carboxylic acids is 1. The summed E-state index contributed by atoms with van der Waals surface area (Å²) in [6.07, 6.45) is 1.42. The van der Waals surface area contributed by atoms with Gasteiger partial charge in [0.1, 0.15) is 0 Å². The Hall–Kier alpha value is -2.81. The van der Waals surface area contributed by atoms with Gasteiger partial charge in [0.2, 0.25) is 10.0 Å². The normalized spacial score (nSPS) is 16.7. The summed E-state index contributed by atoms with van der Waals surface area (Å²) in [5.41, 5.74) is 2.18. The van der Waals surface area contributed by atoms with E-state index in [1.807, 2.05) is 25.1 Å². The molecule has 1 N–H and O–H groups in total. The third-order valence-corrected chi connectivity index (χ3v) is 7.67. The lowest BCUT2D eigenvalue weighted by Crippen LogP contribution is -2.38. The van der Waals surface area contributed by atoms with Crippen LogP contribution >= 0.6 is 0 Å². The Labute approximate surface area is 187 Å². The third-order valence-electron chi connectivity index (χ3n) is 5.84. The Morgan fingerprint density at radius 2 is 1.94 bits per heavy atom. The fourth-order valence-corrected chi connectivity index (χ4v) is 5.46. The van der Waals surface area contributed by atoms with Crippen molar-refractivity contribution >= 4 is 26.7 Å². The number of nitrogens with one attached hydrogen (secondary N) is 1. The average molecular weight is 455 g/mol. The van der Waals surface area contributed by atoms with Crippen molar-refractivity contribution in [3.05, 3.63) is 75.6 Å². The van der Waals surface area contributed by atoms with E-state index in [1.165, 1.54) is 35.5 Å². The third kappa shape index (κ3) is 4.53. The van der Waals surface area contributed by atoms with Crippen LogP contribution in [0.5, 0.6) is 0 Å². The van der Waals surface area contributed by atoms with E-state index in [2.05, 4.69) is 4.98 Å². The second kappa shape index (κ2) is 8.97. The number of benzene rings is 2. The number of aromatic nitrogens is 1. The number of hydrogen-bond donors (Lipinski definition) is 1. The first-order chi connectivity index (χ1) is 15.3. The van der Waals surface area contributed by atoms with Gasteiger partial charge in [0.15, 0.2) is 5.78 Å². The Bertz CT molecular complexity index is 1310. The minimum absolute atomic E-state index is 0.0735. The van der Waals surface area contributed by atoms with Gasteiger partial charge < -0.3 is 9.72 Å². The number of fused-ring (bicyclic) bond motifs is 1. The number of ether oxygens (including phenoxy) is 1. The minimum Gasteiger partial charge on any atom is -0.377 e. The van der Waals surface area contributed by atoms with Gasteiger partial charge in [-0.05, 0) is 55.8 Å². The van der Waals surface area contributed by atoms with Gasteiger partial charge in [-0.2, -0.15) is 4.31 Å². The van der Waals surface area contributed by atoms with Gasteiger partial charge in [0, 0.05) is 30.8 Å². The number of aromatic amines is 1. The van der Waals surface area contributed by atoms with E-state index in [0.717, 1.165) is 29.3 Å². The van der Waals surface area contributed by atoms with E-state index < -0.39 is 10.0 Å². The van der Waals surface area contributed by atoms with Crippen molar-refractivity contribution in [2.24, 2.45) is 0 Å². The van der Waals surface area contributed by atoms with Crippen LogP contribution in [-0.2, 0) is 21.3 Å². The van der Waals surface area contributed by atoms with Gasteiger partial charge in [-0.15, -0.1) is 0 Å². The predicted octanol–water partition coefficient (Wildman–Crippen LogP) is 3.41. The fraction of sp³-hybridized carbons (Fsp3) is 0.333. The summed E-state index contributed by atoms with van der Waals surface area (Å²) in [6, 6.07) is 13.3. The minimum atomic E-state index is -3.92. The van der Waals surface area contributed by atoms with Gasteiger partial charge in [-0.1, -0.05) is 30.3 Å². The number of carbonyl (C=O) groups is 1. The van der Waals surface area contributed by atoms with Crippen LogP contribution in [0.25, 0.3) is 10.9 Å². The highest BCUT2D eigenvalue weighted by molar-refractivity contribution is 7.89. The molecule has 7 nitrogen and oxygen atoms in total. The summed E-state index contributed by atoms with van der Waals surface area (Å²) >= 11 is 0. The number of para-hydroxylation sites is 1. The highest BCUT2D eigenvalue weighted by atomic mass is 32.2. The lowest BCUT2D eigenvalue weighted by Gasteiger charge is -2.25. The number of pyridine rings is 1. The molecule has 1 aliphatic rings. The van der Waals surface area contributed by atoms with Crippen molar-refractivity contribution in [3.8, 4) is 0 Å². The van der Waals surface area contributed by atoms with E-state index in [4.69, 9.17) is 4.74 Å². The van der Waals surface area contributed by atoms with E-state index in [1.54, 1.807) is 6.07 Å². The van der Waals surface area contributed by atoms with E-state index in [0.29, 0.717) is 17.7 Å². The van der Waals surface area contributed by atoms with Crippen LogP contribution in [0.4, 0.5) is 0 Å². The zero-order valence-electron chi connectivity index (χ0n) is 18.1. The van der Waals surface area contributed by atoms with Gasteiger partial charge >= 0.3 is 0 Å². The monoisotopic (exact) mass is 454 g/mol. The maximum atomic E-state index is 13.5. The molecule has 1 atom stereocenters. The highest BCUT2D eigenvalue weighted by Gasteiger charge is 2.30. The van der Waals surface area contributed by atoms with Crippen LogP contribution in [0.2, 0.25) is 0 Å². The zero-order chi connectivity index (χ0) is 22.9. The first kappa shape index (κ1) is 22.4. The Morgan fingerprint density at radius 3 is 2.59 bits per heavy atom. The second-order valence-electron chi connectivity index (χ2n) is 8.18. The maximum absolute atomic E-state index is 13.5. The molecule has 0 saturated carbocycles. The molecule has 32 heavy (non-hydrogen) atoms. The Morgan fingerprint density at radius 1 is 1.19 bits per heavy atom. The molecule has 2 aromatic carbocycles. The van der Waals surface area contributed by atoms with Crippen LogP contribution in [0.15, 0.2) is 58.2 Å². The lowest BCUT2D eigenvalue weighted by molar-refractivity contribution is 0.0925. The zero-order valence-corrected chi connectivity index (χ0v) is 18.9. The summed E-state index contributed by atoms with van der Waals surface area (Å²) in [4.78, 5) is 27.3. The quantitative estimate of drug-likeness (QED) is 0.552. The summed E-state index contributed by atoms with van der Waals surface area (Å²) < 4.78 is 34.0. The number of aryl methyl sites for hydroxylation is 1. The molecule has 0 unspecified atom stereocenters. The second-order valence-corrected chi connectivity index (χ2v) is 10.1. The van der Waals surface area contributed by atoms with Crippen molar-refractivity contribution in [1.82, 2.24) is 9.29 Å². The van der Waals surface area contributed by atoms with Crippen molar-refractivity contribution in [1.29, 1.82) is 0 Å². The molecular formula is C24H26N2O5S. The fourth-order valence-electron chi connectivity index (χ4n) is 4.01. The number of hydrogen-bond acceptors (Lipinski definition) is 5. The predicted molar refractivity (Wildman–Crippen MR) is 122 cm³/mol. The Kier molecular flexibility index (Phi) is 6.28. The van der Waals surface area contributed by atoms with Crippen LogP contribution in [-0.4, -0.2) is 42.7 Å². The number of rotatable bonds is 7. The molecule has 0 radical (unpaired) electrons. The Balaban J connectivity index is 1.72. The van der Waals surface area contributed by atoms with E-state index in [-0.39, 0.29) is 35.4 Å². The molecule has 1 aromatic heterocycles. The van der Waals surface area contributed by atoms with Gasteiger partial charge in [-0.3, -0.25) is 9.59 Å². The number of sulfonamides is 1. The van der Waals surface area contributed by atoms with Gasteiger partial charge in [-0.25, -0.2) is 8.42 Å². The van der Waals surface area contributed by atoms with Crippen LogP contribution in [0.3, 0.4) is 0 Å². The van der Waals surface area contributed by atoms with Crippen LogP contribution in [0.1, 0.15) is 41.3 Å². The lowest BCUT2D eigenvalue weighted by atomic mass is 10.1. The van der Waals surface area contributed by atoms with Gasteiger partial charge in [0.25, 0.3) is 5.56 Å². The first-order valence-electron chi connectivity index (χ1n) is 10.6. The molecule has 0 amide bonds. The summed E-state index contributed by atoms with van der Waals surface area (Å²) in [5, 5.41) is 0.847. The summed E-state index contributed by atoms with van der Waals surface area (Å²) in [5.74, 6) is -0.136. The molecule has 1 fully saturated rings. The topological polar surface area (TPSA) is 96.5 Å². The van der Waals surface area contributed by atoms with Crippen molar-refractivity contribution in [2.45, 2.75) is 44.2 Å². The molecule has 0 bridgehead atoms. The summed E-state index contributed by atoms with van der Waals surface area (Å²) in [6.45, 7) is 4.03. The molecule has 1 aliphatic heterocycles. The largest absolute Gasteiger partial charge is 0.377 e. The highest BCUT2D eigenvalue weighted by Crippen LogP contribution is 2.23. The number of ketones is 1. The number of Topliss-reactive ketones (excluding diaryl/α,β-unsaturated/α-hetero) is 1. The molecule has 8 heteroatoms. The van der Waals surface area contributed by atoms with E-state index >= 15 is 0 Å². The number of H-pyrrole nitrogens is 1. The smallest absolute Gasteiger partial charge is 0.252 e. The molecule has 3 aromatic rings. The molecule has 168 valence electrons. The maximum Gasteiger partial charge on any atom is 0.252 e. The molecule has 4 rings (SSSR count). The van der Waals surface area contributed by atoms with E-state index in [9.17, 15) is 18.0 Å². The van der Waals surface area contributed by atoms with Gasteiger partial charge in [0.05, 0.1) is 16.5 Å². The molecule has 1 saturated heterocycles. The van der Waals surface area contributed by atoms with Crippen molar-refractivity contribution in [3.63, 3.8) is 0 Å². The molecule has 2 heterocycles.